The standard InChI is InChI=1S/C12H13BrN2.BrH/c13-11-3-2-10(8-14-11)12-4-1-6-15(9-12)7-5-12;/h1-3,6,8H,4-5,7,9H2;1H. The molecule has 0 aromatic carbocycles. The fraction of sp³-hybridized carbons (Fsp3) is 0.417. The molecule has 0 saturated carbocycles. The van der Waals surface area contributed by atoms with Crippen LogP contribution in [0.2, 0.25) is 0 Å². The number of allylic oxidation sites excluding steroid dienone is 1. The summed E-state index contributed by atoms with van der Waals surface area (Å²) in [5.74, 6) is 0. The second-order valence-electron chi connectivity index (χ2n) is 4.46. The predicted molar refractivity (Wildman–Crippen MR) is 73.9 cm³/mol. The van der Waals surface area contributed by atoms with Gasteiger partial charge < -0.3 is 4.90 Å². The van der Waals surface area contributed by atoms with Gasteiger partial charge in [0.25, 0.3) is 0 Å². The summed E-state index contributed by atoms with van der Waals surface area (Å²) in [6.07, 6.45) is 8.96. The van der Waals surface area contributed by atoms with Crippen LogP contribution in [0.25, 0.3) is 0 Å². The average molecular weight is 346 g/mol. The number of nitrogens with zero attached hydrogens (tertiary/aromatic N) is 2. The van der Waals surface area contributed by atoms with E-state index in [0.717, 1.165) is 17.6 Å². The molecule has 0 N–H and O–H groups in total. The number of rotatable bonds is 1. The van der Waals surface area contributed by atoms with Gasteiger partial charge in [-0.2, -0.15) is 0 Å². The van der Waals surface area contributed by atoms with E-state index in [1.165, 1.54) is 18.5 Å². The summed E-state index contributed by atoms with van der Waals surface area (Å²) < 4.78 is 0.920. The van der Waals surface area contributed by atoms with Crippen molar-refractivity contribution < 1.29 is 0 Å². The fourth-order valence-electron chi connectivity index (χ4n) is 2.67. The molecular weight excluding hydrogens is 332 g/mol. The number of fused-ring (bicyclic) bond motifs is 2. The third kappa shape index (κ3) is 1.93. The summed E-state index contributed by atoms with van der Waals surface area (Å²) in [5.41, 5.74) is 1.72. The summed E-state index contributed by atoms with van der Waals surface area (Å²) in [7, 11) is 0. The van der Waals surface area contributed by atoms with Gasteiger partial charge in [-0.3, -0.25) is 0 Å². The van der Waals surface area contributed by atoms with E-state index in [1.54, 1.807) is 0 Å². The van der Waals surface area contributed by atoms with Gasteiger partial charge in [0.1, 0.15) is 4.60 Å². The molecule has 2 nitrogen and oxygen atoms in total. The molecule has 1 unspecified atom stereocenters. The molecule has 0 aliphatic carbocycles. The summed E-state index contributed by atoms with van der Waals surface area (Å²) in [6, 6.07) is 4.25. The summed E-state index contributed by atoms with van der Waals surface area (Å²) in [4.78, 5) is 6.75. The maximum Gasteiger partial charge on any atom is 0.106 e. The van der Waals surface area contributed by atoms with Crippen LogP contribution in [0.3, 0.4) is 0 Å². The maximum atomic E-state index is 4.34. The number of halogens is 2. The number of hydrogen-bond acceptors (Lipinski definition) is 2. The molecule has 0 radical (unpaired) electrons. The van der Waals surface area contributed by atoms with E-state index in [0.29, 0.717) is 5.41 Å². The smallest absolute Gasteiger partial charge is 0.106 e. The van der Waals surface area contributed by atoms with Crippen molar-refractivity contribution in [2.45, 2.75) is 18.3 Å². The lowest BCUT2D eigenvalue weighted by atomic mass is 9.77. The third-order valence-corrected chi connectivity index (χ3v) is 4.02. The van der Waals surface area contributed by atoms with Crippen molar-refractivity contribution in [3.8, 4) is 0 Å². The molecule has 0 spiro atoms. The van der Waals surface area contributed by atoms with E-state index in [9.17, 15) is 0 Å². The molecule has 1 aromatic rings. The summed E-state index contributed by atoms with van der Waals surface area (Å²) in [5, 5.41) is 0. The molecule has 4 heteroatoms. The first kappa shape index (κ1) is 12.1. The molecule has 3 heterocycles. The van der Waals surface area contributed by atoms with Crippen molar-refractivity contribution >= 4 is 32.9 Å². The van der Waals surface area contributed by atoms with Crippen LogP contribution in [0.15, 0.2) is 35.2 Å². The summed E-state index contributed by atoms with van der Waals surface area (Å²) in [6.45, 7) is 2.35. The quantitative estimate of drug-likeness (QED) is 0.726. The lowest BCUT2D eigenvalue weighted by molar-refractivity contribution is 0.375. The lowest BCUT2D eigenvalue weighted by Gasteiger charge is -2.31. The van der Waals surface area contributed by atoms with Gasteiger partial charge in [-0.15, -0.1) is 17.0 Å². The van der Waals surface area contributed by atoms with E-state index in [2.05, 4.69) is 44.2 Å². The predicted octanol–water partition coefficient (Wildman–Crippen LogP) is 3.28. The molecule has 86 valence electrons. The van der Waals surface area contributed by atoms with Crippen LogP contribution < -0.4 is 0 Å². The zero-order valence-electron chi connectivity index (χ0n) is 8.90. The highest BCUT2D eigenvalue weighted by Crippen LogP contribution is 2.40. The van der Waals surface area contributed by atoms with Crippen LogP contribution in [-0.2, 0) is 5.41 Å². The first-order valence-electron chi connectivity index (χ1n) is 5.31. The zero-order chi connectivity index (χ0) is 10.3. The second-order valence-corrected chi connectivity index (χ2v) is 5.27. The fourth-order valence-corrected chi connectivity index (χ4v) is 2.90. The van der Waals surface area contributed by atoms with Gasteiger partial charge in [0.05, 0.1) is 0 Å². The molecule has 1 fully saturated rings. The average Bonchev–Trinajstić information content (AvgIpc) is 2.56. The van der Waals surface area contributed by atoms with Gasteiger partial charge in [0.15, 0.2) is 0 Å². The van der Waals surface area contributed by atoms with E-state index in [1.807, 2.05) is 12.3 Å². The Morgan fingerprint density at radius 3 is 3.00 bits per heavy atom. The Labute approximate surface area is 115 Å². The Morgan fingerprint density at radius 1 is 1.38 bits per heavy atom. The normalized spacial score (nSPS) is 26.7. The largest absolute Gasteiger partial charge is 0.377 e. The molecule has 1 aromatic heterocycles. The first-order chi connectivity index (χ1) is 7.28. The van der Waals surface area contributed by atoms with Crippen molar-refractivity contribution in [3.05, 3.63) is 40.8 Å². The zero-order valence-corrected chi connectivity index (χ0v) is 12.2. The Bertz CT molecular complexity index is 402. The number of pyridine rings is 1. The van der Waals surface area contributed by atoms with Crippen molar-refractivity contribution in [1.82, 2.24) is 9.88 Å². The SMILES string of the molecule is Br.Brc1ccc(C23CC=CN(CC2)C3)cn1. The summed E-state index contributed by atoms with van der Waals surface area (Å²) >= 11 is 3.38. The molecule has 1 saturated heterocycles. The van der Waals surface area contributed by atoms with Gasteiger partial charge in [-0.25, -0.2) is 4.98 Å². The first-order valence-corrected chi connectivity index (χ1v) is 6.11. The number of hydrogen-bond donors (Lipinski definition) is 0. The molecule has 2 bridgehead atoms. The van der Waals surface area contributed by atoms with Crippen LogP contribution in [0.5, 0.6) is 0 Å². The van der Waals surface area contributed by atoms with E-state index in [-0.39, 0.29) is 17.0 Å². The Morgan fingerprint density at radius 2 is 2.25 bits per heavy atom. The van der Waals surface area contributed by atoms with Gasteiger partial charge in [0.2, 0.25) is 0 Å². The minimum absolute atomic E-state index is 0. The van der Waals surface area contributed by atoms with Gasteiger partial charge >= 0.3 is 0 Å². The highest BCUT2D eigenvalue weighted by Gasteiger charge is 2.39. The lowest BCUT2D eigenvalue weighted by Crippen LogP contribution is -2.31. The Hall–Kier alpha value is -0.350. The van der Waals surface area contributed by atoms with Crippen molar-refractivity contribution in [3.63, 3.8) is 0 Å². The monoisotopic (exact) mass is 344 g/mol. The van der Waals surface area contributed by atoms with E-state index >= 15 is 0 Å². The molecule has 0 amide bonds. The van der Waals surface area contributed by atoms with Crippen LogP contribution in [-0.4, -0.2) is 23.0 Å². The maximum absolute atomic E-state index is 4.34. The van der Waals surface area contributed by atoms with Gasteiger partial charge in [0, 0.05) is 24.7 Å². The molecule has 2 aliphatic heterocycles. The van der Waals surface area contributed by atoms with Crippen molar-refractivity contribution in [2.24, 2.45) is 0 Å². The van der Waals surface area contributed by atoms with Crippen molar-refractivity contribution in [1.29, 1.82) is 0 Å². The van der Waals surface area contributed by atoms with Crippen LogP contribution >= 0.6 is 32.9 Å². The van der Waals surface area contributed by atoms with Crippen molar-refractivity contribution in [2.75, 3.05) is 13.1 Å². The molecule has 2 aliphatic rings. The van der Waals surface area contributed by atoms with Crippen LogP contribution in [0, 0.1) is 0 Å². The Balaban J connectivity index is 0.000000963. The van der Waals surface area contributed by atoms with E-state index < -0.39 is 0 Å². The highest BCUT2D eigenvalue weighted by molar-refractivity contribution is 9.10. The number of aromatic nitrogens is 1. The molecule has 3 rings (SSSR count). The molecular formula is C12H14Br2N2. The molecule has 1 atom stereocenters. The minimum Gasteiger partial charge on any atom is -0.377 e. The van der Waals surface area contributed by atoms with Gasteiger partial charge in [-0.1, -0.05) is 12.1 Å². The van der Waals surface area contributed by atoms with E-state index in [4.69, 9.17) is 0 Å². The molecule has 16 heavy (non-hydrogen) atoms. The minimum atomic E-state index is 0. The second kappa shape index (κ2) is 4.49. The third-order valence-electron chi connectivity index (χ3n) is 3.55. The topological polar surface area (TPSA) is 16.1 Å². The van der Waals surface area contributed by atoms with Crippen LogP contribution in [0.4, 0.5) is 0 Å². The van der Waals surface area contributed by atoms with Crippen LogP contribution in [0.1, 0.15) is 18.4 Å². The Kier molecular flexibility index (Phi) is 3.40. The highest BCUT2D eigenvalue weighted by atomic mass is 79.9. The van der Waals surface area contributed by atoms with Gasteiger partial charge in [-0.05, 0) is 46.6 Å².